The molecule has 1 atom stereocenters. The Hall–Kier alpha value is -0.670. The highest BCUT2D eigenvalue weighted by molar-refractivity contribution is 7.99. The monoisotopic (exact) mass is 209 g/mol. The van der Waals surface area contributed by atoms with Gasteiger partial charge in [0.2, 0.25) is 0 Å². The minimum absolute atomic E-state index is 0.365. The second-order valence-electron chi connectivity index (χ2n) is 3.63. The number of phenols is 1. The van der Waals surface area contributed by atoms with Gasteiger partial charge in [0.15, 0.2) is 0 Å². The second kappa shape index (κ2) is 4.24. The van der Waals surface area contributed by atoms with E-state index in [-0.39, 0.29) is 0 Å². The summed E-state index contributed by atoms with van der Waals surface area (Å²) in [5.41, 5.74) is 6.96. The number of rotatable bonds is 2. The predicted octanol–water partition coefficient (Wildman–Crippen LogP) is 2.32. The summed E-state index contributed by atoms with van der Waals surface area (Å²) in [5, 5.41) is 9.37. The molecule has 1 aliphatic rings. The molecule has 3 N–H and O–H groups in total. The van der Waals surface area contributed by atoms with Gasteiger partial charge in [-0.3, -0.25) is 0 Å². The lowest BCUT2D eigenvalue weighted by Gasteiger charge is -2.24. The molecule has 2 rings (SSSR count). The molecule has 1 unspecified atom stereocenters. The number of aromatic hydroxyl groups is 1. The van der Waals surface area contributed by atoms with Crippen molar-refractivity contribution in [3.63, 3.8) is 0 Å². The van der Waals surface area contributed by atoms with E-state index in [4.69, 9.17) is 5.73 Å². The van der Waals surface area contributed by atoms with Gasteiger partial charge in [-0.25, -0.2) is 0 Å². The van der Waals surface area contributed by atoms with Crippen molar-refractivity contribution in [3.8, 4) is 5.75 Å². The Morgan fingerprint density at radius 3 is 3.14 bits per heavy atom. The normalized spacial score (nSPS) is 20.5. The molecule has 3 heteroatoms. The zero-order valence-corrected chi connectivity index (χ0v) is 8.89. The van der Waals surface area contributed by atoms with Crippen molar-refractivity contribution < 1.29 is 5.11 Å². The first-order valence-electron chi connectivity index (χ1n) is 4.97. The summed E-state index contributed by atoms with van der Waals surface area (Å²) in [5.74, 6) is 2.10. The van der Waals surface area contributed by atoms with E-state index in [0.717, 1.165) is 18.7 Å². The average Bonchev–Trinajstić information content (AvgIpc) is 2.18. The van der Waals surface area contributed by atoms with Gasteiger partial charge in [-0.05, 0) is 48.8 Å². The van der Waals surface area contributed by atoms with Gasteiger partial charge in [-0.2, -0.15) is 0 Å². The largest absolute Gasteiger partial charge is 0.508 e. The van der Waals surface area contributed by atoms with E-state index in [9.17, 15) is 5.11 Å². The predicted molar refractivity (Wildman–Crippen MR) is 59.9 cm³/mol. The Balaban J connectivity index is 2.30. The van der Waals surface area contributed by atoms with Gasteiger partial charge < -0.3 is 10.8 Å². The average molecular weight is 209 g/mol. The van der Waals surface area contributed by atoms with Crippen LogP contribution in [0.3, 0.4) is 0 Å². The van der Waals surface area contributed by atoms with E-state index in [1.807, 2.05) is 23.9 Å². The molecule has 1 aromatic rings. The Bertz CT molecular complexity index is 327. The maximum Gasteiger partial charge on any atom is 0.116 e. The maximum absolute atomic E-state index is 9.37. The van der Waals surface area contributed by atoms with Gasteiger partial charge in [-0.15, -0.1) is 11.8 Å². The van der Waals surface area contributed by atoms with E-state index < -0.39 is 0 Å². The smallest absolute Gasteiger partial charge is 0.116 e. The third-order valence-corrected chi connectivity index (χ3v) is 3.78. The fourth-order valence-corrected chi connectivity index (χ4v) is 3.18. The number of hydrogen-bond acceptors (Lipinski definition) is 3. The summed E-state index contributed by atoms with van der Waals surface area (Å²) in [6.45, 7) is 0.746. The van der Waals surface area contributed by atoms with Crippen LogP contribution >= 0.6 is 11.8 Å². The van der Waals surface area contributed by atoms with E-state index in [1.165, 1.54) is 16.9 Å². The number of phenolic OH excluding ortho intramolecular Hbond substituents is 1. The summed E-state index contributed by atoms with van der Waals surface area (Å²) >= 11 is 1.83. The van der Waals surface area contributed by atoms with Crippen molar-refractivity contribution in [1.82, 2.24) is 0 Å². The van der Waals surface area contributed by atoms with Gasteiger partial charge in [0, 0.05) is 4.90 Å². The summed E-state index contributed by atoms with van der Waals surface area (Å²) < 4.78 is 0. The van der Waals surface area contributed by atoms with Gasteiger partial charge in [0.25, 0.3) is 0 Å². The highest BCUT2D eigenvalue weighted by atomic mass is 32.2. The molecule has 0 saturated heterocycles. The summed E-state index contributed by atoms with van der Waals surface area (Å²) in [6, 6.07) is 5.67. The fraction of sp³-hybridized carbons (Fsp3) is 0.455. The van der Waals surface area contributed by atoms with Gasteiger partial charge >= 0.3 is 0 Å². The van der Waals surface area contributed by atoms with Crippen LogP contribution in [-0.2, 0) is 0 Å². The molecule has 0 bridgehead atoms. The third kappa shape index (κ3) is 1.88. The first-order chi connectivity index (χ1) is 6.81. The highest BCUT2D eigenvalue weighted by Gasteiger charge is 2.19. The van der Waals surface area contributed by atoms with Crippen LogP contribution in [0.25, 0.3) is 0 Å². The lowest BCUT2D eigenvalue weighted by molar-refractivity contribution is 0.472. The van der Waals surface area contributed by atoms with Gasteiger partial charge in [-0.1, -0.05) is 6.07 Å². The second-order valence-corrected chi connectivity index (χ2v) is 4.77. The van der Waals surface area contributed by atoms with Crippen LogP contribution in [0.1, 0.15) is 24.3 Å². The minimum atomic E-state index is 0.365. The molecule has 0 saturated carbocycles. The summed E-state index contributed by atoms with van der Waals surface area (Å²) in [6.07, 6.45) is 2.26. The molecule has 1 aliphatic heterocycles. The standard InChI is InChI=1S/C11H15NOS/c12-5-3-8-4-6-14-11-7-9(13)1-2-10(8)11/h1-2,7-8,13H,3-6,12H2. The molecule has 0 spiro atoms. The van der Waals surface area contributed by atoms with Gasteiger partial charge in [0.05, 0.1) is 0 Å². The van der Waals surface area contributed by atoms with E-state index in [0.29, 0.717) is 11.7 Å². The molecular formula is C11H15NOS. The van der Waals surface area contributed by atoms with Crippen molar-refractivity contribution in [1.29, 1.82) is 0 Å². The van der Waals surface area contributed by atoms with Crippen molar-refractivity contribution in [3.05, 3.63) is 23.8 Å². The van der Waals surface area contributed by atoms with Crippen LogP contribution in [0, 0.1) is 0 Å². The van der Waals surface area contributed by atoms with Crippen molar-refractivity contribution in [2.24, 2.45) is 5.73 Å². The first-order valence-corrected chi connectivity index (χ1v) is 5.95. The van der Waals surface area contributed by atoms with E-state index >= 15 is 0 Å². The Morgan fingerprint density at radius 2 is 2.36 bits per heavy atom. The Morgan fingerprint density at radius 1 is 1.50 bits per heavy atom. The number of fused-ring (bicyclic) bond motifs is 1. The molecular weight excluding hydrogens is 194 g/mol. The molecule has 1 aromatic carbocycles. The SMILES string of the molecule is NCCC1CCSc2cc(O)ccc21. The molecule has 0 aliphatic carbocycles. The molecule has 0 aromatic heterocycles. The lowest BCUT2D eigenvalue weighted by atomic mass is 9.92. The molecule has 76 valence electrons. The zero-order chi connectivity index (χ0) is 9.97. The zero-order valence-electron chi connectivity index (χ0n) is 8.07. The van der Waals surface area contributed by atoms with E-state index in [2.05, 4.69) is 0 Å². The first kappa shape index (κ1) is 9.87. The Kier molecular flexibility index (Phi) is 2.99. The molecule has 1 heterocycles. The maximum atomic E-state index is 9.37. The van der Waals surface area contributed by atoms with E-state index in [1.54, 1.807) is 6.07 Å². The fourth-order valence-electron chi connectivity index (χ4n) is 1.95. The summed E-state index contributed by atoms with van der Waals surface area (Å²) in [7, 11) is 0. The molecule has 0 amide bonds. The van der Waals surface area contributed by atoms with Gasteiger partial charge in [0.1, 0.15) is 5.75 Å². The van der Waals surface area contributed by atoms with Crippen LogP contribution in [0.5, 0.6) is 5.75 Å². The highest BCUT2D eigenvalue weighted by Crippen LogP contribution is 2.40. The van der Waals surface area contributed by atoms with Crippen LogP contribution in [0.2, 0.25) is 0 Å². The minimum Gasteiger partial charge on any atom is -0.508 e. The number of nitrogens with two attached hydrogens (primary N) is 1. The number of hydrogen-bond donors (Lipinski definition) is 2. The lowest BCUT2D eigenvalue weighted by Crippen LogP contribution is -2.12. The number of benzene rings is 1. The Labute approximate surface area is 88.5 Å². The quantitative estimate of drug-likeness (QED) is 0.785. The van der Waals surface area contributed by atoms with Crippen molar-refractivity contribution in [2.75, 3.05) is 12.3 Å². The molecule has 14 heavy (non-hydrogen) atoms. The van der Waals surface area contributed by atoms with Crippen molar-refractivity contribution in [2.45, 2.75) is 23.7 Å². The van der Waals surface area contributed by atoms with Crippen molar-refractivity contribution >= 4 is 11.8 Å². The topological polar surface area (TPSA) is 46.2 Å². The van der Waals surface area contributed by atoms with Crippen LogP contribution in [0.4, 0.5) is 0 Å². The third-order valence-electron chi connectivity index (χ3n) is 2.68. The number of thioether (sulfide) groups is 1. The van der Waals surface area contributed by atoms with Crippen LogP contribution in [0.15, 0.2) is 23.1 Å². The summed E-state index contributed by atoms with van der Waals surface area (Å²) in [4.78, 5) is 1.23. The van der Waals surface area contributed by atoms with Crippen LogP contribution in [-0.4, -0.2) is 17.4 Å². The van der Waals surface area contributed by atoms with Crippen LogP contribution < -0.4 is 5.73 Å². The molecule has 2 nitrogen and oxygen atoms in total. The molecule has 0 radical (unpaired) electrons. The molecule has 0 fully saturated rings.